The van der Waals surface area contributed by atoms with Gasteiger partial charge in [0.25, 0.3) is 0 Å². The molecule has 27 heavy (non-hydrogen) atoms. The lowest BCUT2D eigenvalue weighted by molar-refractivity contribution is -0.126. The SMILES string of the molecule is O=C(NCc1ccccc1Cl)C1CCCN(S(=O)(=O)c2ccc(Cl)cc2)C1. The van der Waals surface area contributed by atoms with Gasteiger partial charge < -0.3 is 5.32 Å². The Hall–Kier alpha value is -1.60. The van der Waals surface area contributed by atoms with E-state index < -0.39 is 10.0 Å². The lowest BCUT2D eigenvalue weighted by atomic mass is 9.99. The van der Waals surface area contributed by atoms with Crippen LogP contribution in [0.4, 0.5) is 0 Å². The second kappa shape index (κ2) is 8.61. The van der Waals surface area contributed by atoms with Crippen molar-refractivity contribution in [2.45, 2.75) is 24.3 Å². The van der Waals surface area contributed by atoms with Gasteiger partial charge in [-0.2, -0.15) is 4.31 Å². The highest BCUT2D eigenvalue weighted by atomic mass is 35.5. The third-order valence-electron chi connectivity index (χ3n) is 4.62. The van der Waals surface area contributed by atoms with Gasteiger partial charge in [-0.25, -0.2) is 8.42 Å². The molecule has 2 aromatic rings. The Bertz CT molecular complexity index is 917. The first kappa shape index (κ1) is 20.1. The molecule has 0 bridgehead atoms. The summed E-state index contributed by atoms with van der Waals surface area (Å²) >= 11 is 11.9. The van der Waals surface area contributed by atoms with Gasteiger partial charge in [-0.1, -0.05) is 41.4 Å². The van der Waals surface area contributed by atoms with Crippen LogP contribution in [0.2, 0.25) is 10.0 Å². The number of hydrogen-bond donors (Lipinski definition) is 1. The lowest BCUT2D eigenvalue weighted by Gasteiger charge is -2.31. The van der Waals surface area contributed by atoms with Gasteiger partial charge in [0.2, 0.25) is 15.9 Å². The lowest BCUT2D eigenvalue weighted by Crippen LogP contribution is -2.45. The second-order valence-electron chi connectivity index (χ2n) is 6.47. The number of carbonyl (C=O) groups excluding carboxylic acids is 1. The molecule has 1 unspecified atom stereocenters. The largest absolute Gasteiger partial charge is 0.352 e. The Morgan fingerprint density at radius 3 is 2.52 bits per heavy atom. The summed E-state index contributed by atoms with van der Waals surface area (Å²) < 4.78 is 27.0. The Labute approximate surface area is 169 Å². The zero-order valence-corrected chi connectivity index (χ0v) is 16.9. The molecule has 1 aliphatic heterocycles. The van der Waals surface area contributed by atoms with Gasteiger partial charge in [0.15, 0.2) is 0 Å². The molecular formula is C19H20Cl2N2O3S. The van der Waals surface area contributed by atoms with Crippen LogP contribution >= 0.6 is 23.2 Å². The van der Waals surface area contributed by atoms with Gasteiger partial charge in [0.1, 0.15) is 0 Å². The van der Waals surface area contributed by atoms with E-state index in [1.54, 1.807) is 18.2 Å². The molecule has 1 N–H and O–H groups in total. The Morgan fingerprint density at radius 2 is 1.81 bits per heavy atom. The fourth-order valence-corrected chi connectivity index (χ4v) is 4.95. The molecule has 0 radical (unpaired) electrons. The number of amides is 1. The number of sulfonamides is 1. The van der Waals surface area contributed by atoms with Crippen LogP contribution in [0, 0.1) is 5.92 Å². The van der Waals surface area contributed by atoms with Crippen LogP contribution < -0.4 is 5.32 Å². The van der Waals surface area contributed by atoms with E-state index in [1.807, 2.05) is 18.2 Å². The van der Waals surface area contributed by atoms with Crippen molar-refractivity contribution >= 4 is 39.1 Å². The fraction of sp³-hybridized carbons (Fsp3) is 0.316. The van der Waals surface area contributed by atoms with Gasteiger partial charge in [0, 0.05) is 29.7 Å². The molecule has 0 saturated carbocycles. The predicted octanol–water partition coefficient (Wildman–Crippen LogP) is 3.71. The first-order valence-corrected chi connectivity index (χ1v) is 10.8. The van der Waals surface area contributed by atoms with E-state index in [2.05, 4.69) is 5.32 Å². The molecule has 1 fully saturated rings. The minimum absolute atomic E-state index is 0.161. The topological polar surface area (TPSA) is 66.5 Å². The van der Waals surface area contributed by atoms with Crippen LogP contribution in [-0.2, 0) is 21.4 Å². The minimum atomic E-state index is -3.65. The van der Waals surface area contributed by atoms with Gasteiger partial charge in [-0.15, -0.1) is 0 Å². The maximum Gasteiger partial charge on any atom is 0.243 e. The van der Waals surface area contributed by atoms with Crippen LogP contribution in [0.25, 0.3) is 0 Å². The normalized spacial score (nSPS) is 18.2. The van der Waals surface area contributed by atoms with Crippen LogP contribution in [0.5, 0.6) is 0 Å². The van der Waals surface area contributed by atoms with Crippen molar-refractivity contribution in [3.8, 4) is 0 Å². The average Bonchev–Trinajstić information content (AvgIpc) is 2.67. The van der Waals surface area contributed by atoms with Gasteiger partial charge >= 0.3 is 0 Å². The van der Waals surface area contributed by atoms with Gasteiger partial charge in [0.05, 0.1) is 10.8 Å². The molecular weight excluding hydrogens is 407 g/mol. The van der Waals surface area contributed by atoms with Crippen LogP contribution in [0.15, 0.2) is 53.4 Å². The average molecular weight is 427 g/mol. The second-order valence-corrected chi connectivity index (χ2v) is 9.25. The van der Waals surface area contributed by atoms with Crippen molar-refractivity contribution in [1.29, 1.82) is 0 Å². The third kappa shape index (κ3) is 4.82. The molecule has 1 atom stereocenters. The van der Waals surface area contributed by atoms with Crippen molar-refractivity contribution in [3.05, 3.63) is 64.1 Å². The summed E-state index contributed by atoms with van der Waals surface area (Å²) in [5.74, 6) is -0.547. The zero-order chi connectivity index (χ0) is 19.4. The standard InChI is InChI=1S/C19H20Cl2N2O3S/c20-16-7-9-17(10-8-16)27(25,26)23-11-3-5-15(13-23)19(24)22-12-14-4-1-2-6-18(14)21/h1-2,4,6-10,15H,3,5,11-13H2,(H,22,24). The fourth-order valence-electron chi connectivity index (χ4n) is 3.10. The summed E-state index contributed by atoms with van der Waals surface area (Å²) in [6, 6.07) is 13.4. The van der Waals surface area contributed by atoms with Gasteiger partial charge in [-0.05, 0) is 48.7 Å². The smallest absolute Gasteiger partial charge is 0.243 e. The number of carbonyl (C=O) groups is 1. The molecule has 1 amide bonds. The summed E-state index contributed by atoms with van der Waals surface area (Å²) in [7, 11) is -3.65. The first-order chi connectivity index (χ1) is 12.9. The Balaban J connectivity index is 1.65. The van der Waals surface area contributed by atoms with E-state index in [4.69, 9.17) is 23.2 Å². The summed E-state index contributed by atoms with van der Waals surface area (Å²) in [6.45, 7) is 0.886. The molecule has 1 aliphatic rings. The molecule has 144 valence electrons. The maximum absolute atomic E-state index is 12.8. The highest BCUT2D eigenvalue weighted by molar-refractivity contribution is 7.89. The first-order valence-electron chi connectivity index (χ1n) is 8.65. The summed E-state index contributed by atoms with van der Waals surface area (Å²) in [5, 5.41) is 3.93. The maximum atomic E-state index is 12.8. The van der Waals surface area contributed by atoms with Crippen LogP contribution in [0.3, 0.4) is 0 Å². The number of nitrogens with zero attached hydrogens (tertiary/aromatic N) is 1. The molecule has 0 aliphatic carbocycles. The van der Waals surface area contributed by atoms with E-state index in [0.717, 1.165) is 5.56 Å². The van der Waals surface area contributed by atoms with Gasteiger partial charge in [-0.3, -0.25) is 4.79 Å². The molecule has 8 heteroatoms. The number of piperidine rings is 1. The molecule has 5 nitrogen and oxygen atoms in total. The number of nitrogens with one attached hydrogen (secondary N) is 1. The van der Waals surface area contributed by atoms with Crippen LogP contribution in [0.1, 0.15) is 18.4 Å². The quantitative estimate of drug-likeness (QED) is 0.791. The third-order valence-corrected chi connectivity index (χ3v) is 7.12. The summed E-state index contributed by atoms with van der Waals surface area (Å²) in [4.78, 5) is 12.7. The number of benzene rings is 2. The molecule has 1 saturated heterocycles. The molecule has 1 heterocycles. The minimum Gasteiger partial charge on any atom is -0.352 e. The van der Waals surface area contributed by atoms with E-state index in [1.165, 1.54) is 16.4 Å². The Morgan fingerprint density at radius 1 is 1.11 bits per heavy atom. The van der Waals surface area contributed by atoms with Crippen molar-refractivity contribution in [3.63, 3.8) is 0 Å². The molecule has 3 rings (SSSR count). The van der Waals surface area contributed by atoms with E-state index in [0.29, 0.717) is 36.0 Å². The van der Waals surface area contributed by atoms with Crippen molar-refractivity contribution in [2.24, 2.45) is 5.92 Å². The molecule has 0 aromatic heterocycles. The molecule has 0 spiro atoms. The highest BCUT2D eigenvalue weighted by Crippen LogP contribution is 2.25. The monoisotopic (exact) mass is 426 g/mol. The van der Waals surface area contributed by atoms with E-state index >= 15 is 0 Å². The summed E-state index contributed by atoms with van der Waals surface area (Å²) in [6.07, 6.45) is 1.29. The number of halogens is 2. The van der Waals surface area contributed by atoms with Crippen molar-refractivity contribution in [2.75, 3.05) is 13.1 Å². The Kier molecular flexibility index (Phi) is 6.42. The van der Waals surface area contributed by atoms with E-state index in [9.17, 15) is 13.2 Å². The van der Waals surface area contributed by atoms with Crippen LogP contribution in [-0.4, -0.2) is 31.7 Å². The number of rotatable bonds is 5. The predicted molar refractivity (Wildman–Crippen MR) is 106 cm³/mol. The summed E-state index contributed by atoms with van der Waals surface area (Å²) in [5.41, 5.74) is 0.828. The molecule has 2 aromatic carbocycles. The zero-order valence-electron chi connectivity index (χ0n) is 14.6. The van der Waals surface area contributed by atoms with Crippen molar-refractivity contribution in [1.82, 2.24) is 9.62 Å². The highest BCUT2D eigenvalue weighted by Gasteiger charge is 2.33. The number of hydrogen-bond acceptors (Lipinski definition) is 3. The van der Waals surface area contributed by atoms with E-state index in [-0.39, 0.29) is 23.3 Å². The van der Waals surface area contributed by atoms with Crippen molar-refractivity contribution < 1.29 is 13.2 Å².